The molecule has 5 rings (SSSR count). The molecular weight excluding hydrogens is 623 g/mol. The summed E-state index contributed by atoms with van der Waals surface area (Å²) in [6.07, 6.45) is -3.73. The molecule has 7 N–H and O–H groups in total. The zero-order valence-electron chi connectivity index (χ0n) is 25.8. The van der Waals surface area contributed by atoms with Gasteiger partial charge in [-0.15, -0.1) is 0 Å². The molecule has 0 saturated carbocycles. The van der Waals surface area contributed by atoms with Crippen LogP contribution in [0.4, 0.5) is 13.2 Å². The van der Waals surface area contributed by atoms with Crippen molar-refractivity contribution in [2.45, 2.75) is 38.2 Å². The lowest BCUT2D eigenvalue weighted by molar-refractivity contribution is -0.137. The Morgan fingerprint density at radius 2 is 1.65 bits per heavy atom. The SMILES string of the molecule is N=C(N)NCCC[C@@H](C(N)=O)n1c(-c2cccc(OCc3ccccc3)c2)nc2cc(C(=O)NCc3cccc(C(F)(F)F)c3)ccc21. The summed E-state index contributed by atoms with van der Waals surface area (Å²) < 4.78 is 47.2. The number of imidazole rings is 1. The standard InChI is InChI=1S/C35H34F3N7O3/c36-35(37,38)26-11-4-9-23(17-26)20-43-33(47)25-14-15-29-28(19-25)44-32(45(29)30(31(39)46)13-6-16-42-34(40)41)24-10-5-12-27(18-24)48-21-22-7-2-1-3-8-22/h1-5,7-12,14-15,17-19,30H,6,13,16,20-21H2,(H2,39,46)(H,43,47)(H4,40,41,42)/t30-/m0/s1. The van der Waals surface area contributed by atoms with Crippen LogP contribution in [0.3, 0.4) is 0 Å². The first-order chi connectivity index (χ1) is 23.0. The molecule has 0 radical (unpaired) electrons. The molecule has 0 aliphatic heterocycles. The number of nitrogens with one attached hydrogen (secondary N) is 3. The number of alkyl halides is 3. The normalized spacial score (nSPS) is 12.0. The number of fused-ring (bicyclic) bond motifs is 1. The molecule has 5 aromatic rings. The average molecular weight is 658 g/mol. The van der Waals surface area contributed by atoms with E-state index >= 15 is 0 Å². The summed E-state index contributed by atoms with van der Waals surface area (Å²) in [6.45, 7) is 0.571. The molecule has 0 aliphatic rings. The number of primary amides is 1. The quantitative estimate of drug-likeness (QED) is 0.0637. The fourth-order valence-electron chi connectivity index (χ4n) is 5.28. The Hall–Kier alpha value is -5.85. The van der Waals surface area contributed by atoms with Crippen LogP contribution in [0.5, 0.6) is 5.75 Å². The van der Waals surface area contributed by atoms with Crippen LogP contribution in [0.15, 0.2) is 97.1 Å². The highest BCUT2D eigenvalue weighted by molar-refractivity contribution is 5.98. The third-order valence-electron chi connectivity index (χ3n) is 7.61. The summed E-state index contributed by atoms with van der Waals surface area (Å²) in [5, 5.41) is 12.8. The number of ether oxygens (including phenoxy) is 1. The van der Waals surface area contributed by atoms with Crippen LogP contribution < -0.4 is 26.8 Å². The van der Waals surface area contributed by atoms with Crippen molar-refractivity contribution in [3.63, 3.8) is 0 Å². The monoisotopic (exact) mass is 657 g/mol. The molecule has 0 saturated heterocycles. The first-order valence-corrected chi connectivity index (χ1v) is 15.1. The number of nitrogens with two attached hydrogens (primary N) is 2. The van der Waals surface area contributed by atoms with E-state index in [-0.39, 0.29) is 18.1 Å². The molecule has 0 spiro atoms. The van der Waals surface area contributed by atoms with Gasteiger partial charge in [-0.1, -0.05) is 54.6 Å². The predicted octanol–water partition coefficient (Wildman–Crippen LogP) is 5.52. The van der Waals surface area contributed by atoms with Crippen molar-refractivity contribution in [2.24, 2.45) is 11.5 Å². The van der Waals surface area contributed by atoms with Gasteiger partial charge >= 0.3 is 6.18 Å². The van der Waals surface area contributed by atoms with Crippen LogP contribution in [0.1, 0.15) is 45.9 Å². The van der Waals surface area contributed by atoms with E-state index in [0.29, 0.717) is 59.7 Å². The van der Waals surface area contributed by atoms with Crippen LogP contribution in [-0.2, 0) is 24.1 Å². The number of guanidine groups is 1. The van der Waals surface area contributed by atoms with Crippen molar-refractivity contribution in [1.29, 1.82) is 5.41 Å². The van der Waals surface area contributed by atoms with E-state index in [4.69, 9.17) is 26.6 Å². The Labute approximate surface area is 274 Å². The number of nitrogens with zero attached hydrogens (tertiary/aromatic N) is 2. The minimum absolute atomic E-state index is 0.117. The molecule has 0 unspecified atom stereocenters. The summed E-state index contributed by atoms with van der Waals surface area (Å²) in [7, 11) is 0. The van der Waals surface area contributed by atoms with Crippen LogP contribution in [-0.4, -0.2) is 33.9 Å². The summed E-state index contributed by atoms with van der Waals surface area (Å²) in [4.78, 5) is 30.8. The van der Waals surface area contributed by atoms with Gasteiger partial charge in [0.25, 0.3) is 5.91 Å². The Balaban J connectivity index is 1.46. The van der Waals surface area contributed by atoms with Crippen LogP contribution in [0.25, 0.3) is 22.4 Å². The zero-order chi connectivity index (χ0) is 34.3. The first-order valence-electron chi connectivity index (χ1n) is 15.1. The number of aromatic nitrogens is 2. The lowest BCUT2D eigenvalue weighted by Gasteiger charge is -2.20. The third-order valence-corrected chi connectivity index (χ3v) is 7.61. The highest BCUT2D eigenvalue weighted by Crippen LogP contribution is 2.33. The molecule has 10 nitrogen and oxygen atoms in total. The highest BCUT2D eigenvalue weighted by Gasteiger charge is 2.30. The van der Waals surface area contributed by atoms with Gasteiger partial charge in [0.2, 0.25) is 5.91 Å². The molecular formula is C35H34F3N7O3. The number of rotatable bonds is 13. The van der Waals surface area contributed by atoms with Gasteiger partial charge in [0.05, 0.1) is 16.6 Å². The molecule has 248 valence electrons. The first kappa shape index (κ1) is 33.5. The fourth-order valence-corrected chi connectivity index (χ4v) is 5.28. The number of hydrogen-bond donors (Lipinski definition) is 5. The number of amides is 2. The lowest BCUT2D eigenvalue weighted by Crippen LogP contribution is -2.32. The lowest BCUT2D eigenvalue weighted by atomic mass is 10.1. The second-order valence-corrected chi connectivity index (χ2v) is 11.1. The van der Waals surface area contributed by atoms with Gasteiger partial charge in [-0.2, -0.15) is 13.2 Å². The zero-order valence-corrected chi connectivity index (χ0v) is 25.8. The predicted molar refractivity (Wildman–Crippen MR) is 176 cm³/mol. The van der Waals surface area contributed by atoms with E-state index in [9.17, 15) is 22.8 Å². The minimum Gasteiger partial charge on any atom is -0.489 e. The largest absolute Gasteiger partial charge is 0.489 e. The maximum atomic E-state index is 13.1. The van der Waals surface area contributed by atoms with E-state index in [2.05, 4.69) is 10.6 Å². The number of halogens is 3. The maximum absolute atomic E-state index is 13.1. The molecule has 1 aromatic heterocycles. The molecule has 0 bridgehead atoms. The Kier molecular flexibility index (Phi) is 10.3. The van der Waals surface area contributed by atoms with Crippen molar-refractivity contribution in [3.05, 3.63) is 119 Å². The van der Waals surface area contributed by atoms with Gasteiger partial charge in [-0.05, 0) is 66.4 Å². The summed E-state index contributed by atoms with van der Waals surface area (Å²) in [6, 6.07) is 25.6. The van der Waals surface area contributed by atoms with Crippen molar-refractivity contribution < 1.29 is 27.5 Å². The number of hydrogen-bond acceptors (Lipinski definition) is 5. The molecule has 2 amide bonds. The summed E-state index contributed by atoms with van der Waals surface area (Å²) in [5.41, 5.74) is 13.6. The molecule has 4 aromatic carbocycles. The highest BCUT2D eigenvalue weighted by atomic mass is 19.4. The number of carbonyl (C=O) groups excluding carboxylic acids is 2. The summed E-state index contributed by atoms with van der Waals surface area (Å²) >= 11 is 0. The molecule has 48 heavy (non-hydrogen) atoms. The topological polar surface area (TPSA) is 161 Å². The van der Waals surface area contributed by atoms with Crippen molar-refractivity contribution in [2.75, 3.05) is 6.54 Å². The van der Waals surface area contributed by atoms with Gasteiger partial charge in [0.15, 0.2) is 5.96 Å². The van der Waals surface area contributed by atoms with Gasteiger partial charge in [0, 0.05) is 24.2 Å². The smallest absolute Gasteiger partial charge is 0.416 e. The summed E-state index contributed by atoms with van der Waals surface area (Å²) in [5.74, 6) is -0.308. The van der Waals surface area contributed by atoms with Crippen LogP contribution in [0.2, 0.25) is 0 Å². The minimum atomic E-state index is -4.50. The maximum Gasteiger partial charge on any atom is 0.416 e. The molecule has 1 atom stereocenters. The van der Waals surface area contributed by atoms with Crippen LogP contribution in [0, 0.1) is 5.41 Å². The van der Waals surface area contributed by atoms with E-state index < -0.39 is 29.6 Å². The van der Waals surface area contributed by atoms with Crippen molar-refractivity contribution in [3.8, 4) is 17.1 Å². The van der Waals surface area contributed by atoms with E-state index in [0.717, 1.165) is 17.7 Å². The Morgan fingerprint density at radius 1 is 0.896 bits per heavy atom. The second-order valence-electron chi connectivity index (χ2n) is 11.1. The second kappa shape index (κ2) is 14.7. The van der Waals surface area contributed by atoms with E-state index in [1.54, 1.807) is 28.8 Å². The average Bonchev–Trinajstić information content (AvgIpc) is 3.45. The Bertz CT molecular complexity index is 1930. The van der Waals surface area contributed by atoms with E-state index in [1.807, 2.05) is 48.5 Å². The molecule has 0 fully saturated rings. The van der Waals surface area contributed by atoms with E-state index in [1.165, 1.54) is 12.1 Å². The number of benzene rings is 4. The van der Waals surface area contributed by atoms with Crippen molar-refractivity contribution >= 4 is 28.8 Å². The molecule has 13 heteroatoms. The van der Waals surface area contributed by atoms with Gasteiger partial charge in [0.1, 0.15) is 24.2 Å². The van der Waals surface area contributed by atoms with Crippen LogP contribution >= 0.6 is 0 Å². The third kappa shape index (κ3) is 8.29. The Morgan fingerprint density at radius 3 is 2.38 bits per heavy atom. The fraction of sp³-hybridized carbons (Fsp3) is 0.200. The van der Waals surface area contributed by atoms with Gasteiger partial charge in [-0.25, -0.2) is 4.98 Å². The molecule has 0 aliphatic carbocycles. The van der Waals surface area contributed by atoms with Gasteiger partial charge in [-0.3, -0.25) is 15.0 Å². The molecule has 1 heterocycles. The van der Waals surface area contributed by atoms with Gasteiger partial charge < -0.3 is 31.4 Å². The van der Waals surface area contributed by atoms with Crippen molar-refractivity contribution in [1.82, 2.24) is 20.2 Å². The number of carbonyl (C=O) groups is 2.